The summed E-state index contributed by atoms with van der Waals surface area (Å²) < 4.78 is 24.8. The van der Waals surface area contributed by atoms with E-state index in [1.54, 1.807) is 12.1 Å². The summed E-state index contributed by atoms with van der Waals surface area (Å²) in [4.78, 5) is 0. The fourth-order valence-electron chi connectivity index (χ4n) is 1.58. The molecule has 0 aromatic heterocycles. The number of benzene rings is 1. The van der Waals surface area contributed by atoms with Crippen LogP contribution in [0, 0.1) is 0 Å². The zero-order valence-corrected chi connectivity index (χ0v) is 8.86. The van der Waals surface area contributed by atoms with Gasteiger partial charge in [-0.15, -0.1) is 12.4 Å². The van der Waals surface area contributed by atoms with Gasteiger partial charge in [-0.2, -0.15) is 0 Å². The van der Waals surface area contributed by atoms with Crippen LogP contribution in [0.2, 0.25) is 0 Å². The summed E-state index contributed by atoms with van der Waals surface area (Å²) in [6.45, 7) is 1.30. The summed E-state index contributed by atoms with van der Waals surface area (Å²) in [5, 5.41) is 3.04. The van der Waals surface area contributed by atoms with E-state index in [1.165, 1.54) is 12.1 Å². The van der Waals surface area contributed by atoms with Gasteiger partial charge in [0.2, 0.25) is 0 Å². The maximum Gasteiger partial charge on any atom is 0.263 e. The molecule has 1 aliphatic rings. The van der Waals surface area contributed by atoms with Crippen LogP contribution in [0.1, 0.15) is 17.6 Å². The smallest absolute Gasteiger partial charge is 0.263 e. The Labute approximate surface area is 93.3 Å². The summed E-state index contributed by atoms with van der Waals surface area (Å²) in [7, 11) is 0. The number of hydrogen-bond donors (Lipinski definition) is 2. The van der Waals surface area contributed by atoms with Gasteiger partial charge < -0.3 is 11.1 Å². The Hall–Kier alpha value is -0.710. The summed E-state index contributed by atoms with van der Waals surface area (Å²) in [5.41, 5.74) is 6.36. The van der Waals surface area contributed by atoms with Gasteiger partial charge >= 0.3 is 0 Å². The first-order valence-electron chi connectivity index (χ1n) is 4.50. The van der Waals surface area contributed by atoms with E-state index < -0.39 is 12.0 Å². The average molecular weight is 235 g/mol. The van der Waals surface area contributed by atoms with Crippen molar-refractivity contribution in [1.82, 2.24) is 5.32 Å². The molecule has 3 N–H and O–H groups in total. The van der Waals surface area contributed by atoms with Crippen LogP contribution in [-0.2, 0) is 5.54 Å². The van der Waals surface area contributed by atoms with Crippen molar-refractivity contribution in [2.75, 3.05) is 13.1 Å². The molecular weight excluding hydrogens is 222 g/mol. The molecule has 0 saturated carbocycles. The van der Waals surface area contributed by atoms with Crippen LogP contribution < -0.4 is 11.1 Å². The van der Waals surface area contributed by atoms with Gasteiger partial charge in [-0.1, -0.05) is 18.2 Å². The van der Waals surface area contributed by atoms with Gasteiger partial charge in [-0.05, 0) is 11.6 Å². The molecule has 0 unspecified atom stereocenters. The summed E-state index contributed by atoms with van der Waals surface area (Å²) in [6, 6.07) is 6.34. The van der Waals surface area contributed by atoms with Crippen LogP contribution in [0.5, 0.6) is 0 Å². The highest BCUT2D eigenvalue weighted by Gasteiger charge is 2.34. The van der Waals surface area contributed by atoms with E-state index >= 15 is 0 Å². The minimum absolute atomic E-state index is 0. The predicted molar refractivity (Wildman–Crippen MR) is 57.4 cm³/mol. The summed E-state index contributed by atoms with van der Waals surface area (Å²) in [5.74, 6) is 0. The van der Waals surface area contributed by atoms with Gasteiger partial charge in [0.25, 0.3) is 6.43 Å². The Bertz CT molecular complexity index is 340. The second-order valence-corrected chi connectivity index (χ2v) is 3.69. The van der Waals surface area contributed by atoms with Crippen molar-refractivity contribution in [3.8, 4) is 0 Å². The molecule has 15 heavy (non-hydrogen) atoms. The first-order chi connectivity index (χ1) is 6.62. The first kappa shape index (κ1) is 12.4. The highest BCUT2D eigenvalue weighted by atomic mass is 35.5. The van der Waals surface area contributed by atoms with E-state index in [4.69, 9.17) is 5.73 Å². The lowest BCUT2D eigenvalue weighted by Gasteiger charge is -2.39. The van der Waals surface area contributed by atoms with Crippen molar-refractivity contribution in [2.24, 2.45) is 5.73 Å². The molecule has 1 aromatic rings. The Balaban J connectivity index is 0.00000112. The van der Waals surface area contributed by atoms with E-state index in [1.807, 2.05) is 0 Å². The molecule has 1 saturated heterocycles. The second kappa shape index (κ2) is 4.43. The SMILES string of the molecule is Cl.NC1(c2cccc(C(F)F)c2)CNC1. The maximum absolute atomic E-state index is 12.4. The number of alkyl halides is 2. The summed E-state index contributed by atoms with van der Waals surface area (Å²) >= 11 is 0. The van der Waals surface area contributed by atoms with Crippen molar-refractivity contribution < 1.29 is 8.78 Å². The third kappa shape index (κ3) is 2.27. The molecule has 1 fully saturated rings. The van der Waals surface area contributed by atoms with Gasteiger partial charge in [-0.25, -0.2) is 8.78 Å². The molecule has 0 atom stereocenters. The van der Waals surface area contributed by atoms with Gasteiger partial charge in [0, 0.05) is 18.7 Å². The molecule has 1 aromatic carbocycles. The molecule has 0 aliphatic carbocycles. The lowest BCUT2D eigenvalue weighted by atomic mass is 9.85. The second-order valence-electron chi connectivity index (χ2n) is 3.69. The molecule has 2 rings (SSSR count). The van der Waals surface area contributed by atoms with Crippen molar-refractivity contribution in [3.05, 3.63) is 35.4 Å². The monoisotopic (exact) mass is 234 g/mol. The normalized spacial score (nSPS) is 18.1. The molecule has 0 spiro atoms. The van der Waals surface area contributed by atoms with Crippen molar-refractivity contribution in [3.63, 3.8) is 0 Å². The largest absolute Gasteiger partial charge is 0.319 e. The van der Waals surface area contributed by atoms with Gasteiger partial charge in [-0.3, -0.25) is 0 Å². The number of hydrogen-bond acceptors (Lipinski definition) is 2. The van der Waals surface area contributed by atoms with Crippen molar-refractivity contribution >= 4 is 12.4 Å². The number of nitrogens with one attached hydrogen (secondary N) is 1. The van der Waals surface area contributed by atoms with Gasteiger partial charge in [0.05, 0.1) is 5.54 Å². The minimum Gasteiger partial charge on any atom is -0.319 e. The average Bonchev–Trinajstić information content (AvgIpc) is 2.14. The van der Waals surface area contributed by atoms with Crippen LogP contribution >= 0.6 is 12.4 Å². The topological polar surface area (TPSA) is 38.0 Å². The minimum atomic E-state index is -2.42. The van der Waals surface area contributed by atoms with Crippen LogP contribution in [0.3, 0.4) is 0 Å². The van der Waals surface area contributed by atoms with Gasteiger partial charge in [0.15, 0.2) is 0 Å². The van der Waals surface area contributed by atoms with Crippen LogP contribution in [0.25, 0.3) is 0 Å². The fourth-order valence-corrected chi connectivity index (χ4v) is 1.58. The van der Waals surface area contributed by atoms with E-state index in [0.717, 1.165) is 5.56 Å². The highest BCUT2D eigenvalue weighted by molar-refractivity contribution is 5.85. The van der Waals surface area contributed by atoms with Crippen LogP contribution in [0.4, 0.5) is 8.78 Å². The van der Waals surface area contributed by atoms with E-state index in [2.05, 4.69) is 5.32 Å². The number of nitrogens with two attached hydrogens (primary N) is 1. The quantitative estimate of drug-likeness (QED) is 0.819. The molecular formula is C10H13ClF2N2. The Morgan fingerprint density at radius 3 is 2.47 bits per heavy atom. The molecule has 0 amide bonds. The van der Waals surface area contributed by atoms with Crippen molar-refractivity contribution in [1.29, 1.82) is 0 Å². The van der Waals surface area contributed by atoms with E-state index in [9.17, 15) is 8.78 Å². The van der Waals surface area contributed by atoms with Crippen molar-refractivity contribution in [2.45, 2.75) is 12.0 Å². The number of halogens is 3. The molecule has 84 valence electrons. The Kier molecular flexibility index (Phi) is 3.65. The Morgan fingerprint density at radius 2 is 2.00 bits per heavy atom. The molecule has 1 aliphatic heterocycles. The third-order valence-corrected chi connectivity index (χ3v) is 2.59. The highest BCUT2D eigenvalue weighted by Crippen LogP contribution is 2.26. The lowest BCUT2D eigenvalue weighted by Crippen LogP contribution is -2.62. The molecule has 0 radical (unpaired) electrons. The van der Waals surface area contributed by atoms with Crippen LogP contribution in [-0.4, -0.2) is 13.1 Å². The molecule has 2 nitrogen and oxygen atoms in total. The number of rotatable bonds is 2. The molecule has 5 heteroatoms. The zero-order chi connectivity index (χ0) is 10.2. The molecule has 0 bridgehead atoms. The standard InChI is InChI=1S/C10H12F2N2.ClH/c11-9(12)7-2-1-3-8(4-7)10(13)5-14-6-10;/h1-4,9,14H,5-6,13H2;1H. The predicted octanol–water partition coefficient (Wildman–Crippen LogP) is 1.80. The third-order valence-electron chi connectivity index (χ3n) is 2.59. The lowest BCUT2D eigenvalue weighted by molar-refractivity contribution is 0.151. The van der Waals surface area contributed by atoms with E-state index in [0.29, 0.717) is 13.1 Å². The first-order valence-corrected chi connectivity index (χ1v) is 4.50. The van der Waals surface area contributed by atoms with E-state index in [-0.39, 0.29) is 18.0 Å². The zero-order valence-electron chi connectivity index (χ0n) is 8.04. The van der Waals surface area contributed by atoms with Crippen LogP contribution in [0.15, 0.2) is 24.3 Å². The summed E-state index contributed by atoms with van der Waals surface area (Å²) in [6.07, 6.45) is -2.42. The van der Waals surface area contributed by atoms with Gasteiger partial charge in [0.1, 0.15) is 0 Å². The molecule has 1 heterocycles. The fraction of sp³-hybridized carbons (Fsp3) is 0.400. The Morgan fingerprint density at radius 1 is 1.33 bits per heavy atom. The maximum atomic E-state index is 12.4.